The van der Waals surface area contributed by atoms with Gasteiger partial charge in [0.05, 0.1) is 0 Å². The van der Waals surface area contributed by atoms with Gasteiger partial charge in [-0.25, -0.2) is 4.79 Å². The normalized spacial score (nSPS) is 33.3. The minimum atomic E-state index is -0.184. The van der Waals surface area contributed by atoms with Crippen LogP contribution < -0.4 is 5.32 Å². The highest BCUT2D eigenvalue weighted by molar-refractivity contribution is 5.96. The fraction of sp³-hybridized carbons (Fsp3) is 0.867. The summed E-state index contributed by atoms with van der Waals surface area (Å²) in [6.45, 7) is 7.51. The third-order valence-electron chi connectivity index (χ3n) is 4.83. The van der Waals surface area contributed by atoms with Gasteiger partial charge >= 0.3 is 6.03 Å². The van der Waals surface area contributed by atoms with E-state index in [0.717, 1.165) is 18.8 Å². The first-order chi connectivity index (χ1) is 8.99. The summed E-state index contributed by atoms with van der Waals surface area (Å²) in [6, 6.07) is 0.128. The number of hydrogen-bond donors (Lipinski definition) is 1. The SMILES string of the molecule is CC(C)C1CCCC(N2CCC(=O)NC2=O)CC1C. The second-order valence-corrected chi connectivity index (χ2v) is 6.50. The molecule has 1 aliphatic heterocycles. The van der Waals surface area contributed by atoms with Gasteiger partial charge < -0.3 is 4.90 Å². The molecular weight excluding hydrogens is 240 g/mol. The van der Waals surface area contributed by atoms with Crippen molar-refractivity contribution in [3.05, 3.63) is 0 Å². The molecule has 2 rings (SSSR count). The van der Waals surface area contributed by atoms with E-state index in [9.17, 15) is 9.59 Å². The Morgan fingerprint density at radius 3 is 2.63 bits per heavy atom. The Labute approximate surface area is 115 Å². The van der Waals surface area contributed by atoms with Crippen molar-refractivity contribution in [2.75, 3.05) is 6.54 Å². The molecule has 108 valence electrons. The molecule has 19 heavy (non-hydrogen) atoms. The molecule has 4 heteroatoms. The van der Waals surface area contributed by atoms with E-state index in [-0.39, 0.29) is 11.9 Å². The monoisotopic (exact) mass is 266 g/mol. The Balaban J connectivity index is 2.01. The number of imide groups is 1. The lowest BCUT2D eigenvalue weighted by Gasteiger charge is -2.35. The highest BCUT2D eigenvalue weighted by atomic mass is 16.2. The van der Waals surface area contributed by atoms with Crippen molar-refractivity contribution in [3.8, 4) is 0 Å². The number of hydrogen-bond acceptors (Lipinski definition) is 2. The molecule has 0 radical (unpaired) electrons. The fourth-order valence-corrected chi connectivity index (χ4v) is 3.79. The van der Waals surface area contributed by atoms with Gasteiger partial charge in [-0.2, -0.15) is 0 Å². The van der Waals surface area contributed by atoms with Crippen molar-refractivity contribution in [1.29, 1.82) is 0 Å². The summed E-state index contributed by atoms with van der Waals surface area (Å²) >= 11 is 0. The molecule has 1 N–H and O–H groups in total. The molecule has 3 unspecified atom stereocenters. The lowest BCUT2D eigenvalue weighted by Crippen LogP contribution is -2.53. The average Bonchev–Trinajstić information content (AvgIpc) is 2.50. The Morgan fingerprint density at radius 2 is 2.00 bits per heavy atom. The van der Waals surface area contributed by atoms with E-state index in [2.05, 4.69) is 26.1 Å². The molecule has 1 saturated carbocycles. The maximum Gasteiger partial charge on any atom is 0.324 e. The van der Waals surface area contributed by atoms with Crippen molar-refractivity contribution < 1.29 is 9.59 Å². The zero-order valence-electron chi connectivity index (χ0n) is 12.3. The van der Waals surface area contributed by atoms with E-state index in [4.69, 9.17) is 0 Å². The van der Waals surface area contributed by atoms with E-state index in [1.165, 1.54) is 12.8 Å². The number of rotatable bonds is 2. The summed E-state index contributed by atoms with van der Waals surface area (Å²) in [4.78, 5) is 25.0. The van der Waals surface area contributed by atoms with Crippen molar-refractivity contribution in [1.82, 2.24) is 10.2 Å². The molecule has 1 heterocycles. The third kappa shape index (κ3) is 3.28. The Morgan fingerprint density at radius 1 is 1.26 bits per heavy atom. The van der Waals surface area contributed by atoms with Crippen molar-refractivity contribution >= 4 is 11.9 Å². The fourth-order valence-electron chi connectivity index (χ4n) is 3.79. The lowest BCUT2D eigenvalue weighted by molar-refractivity contribution is -0.121. The van der Waals surface area contributed by atoms with Crippen LogP contribution >= 0.6 is 0 Å². The van der Waals surface area contributed by atoms with Crippen LogP contribution in [-0.2, 0) is 4.79 Å². The minimum absolute atomic E-state index is 0.136. The molecule has 0 aromatic heterocycles. The van der Waals surface area contributed by atoms with Crippen LogP contribution in [0.2, 0.25) is 0 Å². The quantitative estimate of drug-likeness (QED) is 0.781. The second-order valence-electron chi connectivity index (χ2n) is 6.50. The predicted molar refractivity (Wildman–Crippen MR) is 74.6 cm³/mol. The van der Waals surface area contributed by atoms with Crippen molar-refractivity contribution in [3.63, 3.8) is 0 Å². The summed E-state index contributed by atoms with van der Waals surface area (Å²) in [5, 5.41) is 2.44. The maximum atomic E-state index is 11.9. The van der Waals surface area contributed by atoms with Gasteiger partial charge in [0.25, 0.3) is 0 Å². The van der Waals surface area contributed by atoms with E-state index < -0.39 is 0 Å². The Kier molecular flexibility index (Phi) is 4.48. The van der Waals surface area contributed by atoms with Crippen LogP contribution in [0.3, 0.4) is 0 Å². The van der Waals surface area contributed by atoms with Gasteiger partial charge in [-0.15, -0.1) is 0 Å². The molecule has 3 amide bonds. The van der Waals surface area contributed by atoms with Gasteiger partial charge in [0.2, 0.25) is 5.91 Å². The molecule has 3 atom stereocenters. The first-order valence-corrected chi connectivity index (χ1v) is 7.59. The van der Waals surface area contributed by atoms with Crippen LogP contribution in [-0.4, -0.2) is 29.4 Å². The summed E-state index contributed by atoms with van der Waals surface area (Å²) in [5.41, 5.74) is 0. The van der Waals surface area contributed by atoms with Crippen LogP contribution in [0.1, 0.15) is 52.9 Å². The first-order valence-electron chi connectivity index (χ1n) is 7.59. The summed E-state index contributed by atoms with van der Waals surface area (Å²) < 4.78 is 0. The third-order valence-corrected chi connectivity index (χ3v) is 4.83. The van der Waals surface area contributed by atoms with Crippen LogP contribution in [0.4, 0.5) is 4.79 Å². The predicted octanol–water partition coefficient (Wildman–Crippen LogP) is 2.78. The number of carbonyl (C=O) groups excluding carboxylic acids is 2. The average molecular weight is 266 g/mol. The molecule has 2 fully saturated rings. The van der Waals surface area contributed by atoms with Crippen LogP contribution in [0.25, 0.3) is 0 Å². The molecule has 0 bridgehead atoms. The molecule has 1 aliphatic carbocycles. The molecule has 1 saturated heterocycles. The Hall–Kier alpha value is -1.06. The molecule has 0 spiro atoms. The van der Waals surface area contributed by atoms with Crippen molar-refractivity contribution in [2.24, 2.45) is 17.8 Å². The summed E-state index contributed by atoms with van der Waals surface area (Å²) in [7, 11) is 0. The van der Waals surface area contributed by atoms with Gasteiger partial charge in [0, 0.05) is 19.0 Å². The summed E-state index contributed by atoms with van der Waals surface area (Å²) in [6.07, 6.45) is 5.06. The first kappa shape index (κ1) is 14.4. The van der Waals surface area contributed by atoms with Gasteiger partial charge in [0.15, 0.2) is 0 Å². The number of urea groups is 1. The number of amides is 3. The van der Waals surface area contributed by atoms with Crippen LogP contribution in [0.5, 0.6) is 0 Å². The van der Waals surface area contributed by atoms with Crippen LogP contribution in [0, 0.1) is 17.8 Å². The standard InChI is InChI=1S/C15H26N2O2/c1-10(2)13-6-4-5-12(9-11(13)3)17-8-7-14(18)16-15(17)19/h10-13H,4-9H2,1-3H3,(H,16,18,19). The molecule has 0 aromatic carbocycles. The van der Waals surface area contributed by atoms with Gasteiger partial charge in [-0.05, 0) is 37.0 Å². The van der Waals surface area contributed by atoms with Gasteiger partial charge in [0.1, 0.15) is 0 Å². The van der Waals surface area contributed by atoms with Crippen molar-refractivity contribution in [2.45, 2.75) is 58.9 Å². The van der Waals surface area contributed by atoms with E-state index in [1.54, 1.807) is 0 Å². The summed E-state index contributed by atoms with van der Waals surface area (Å²) in [5.74, 6) is 1.99. The lowest BCUT2D eigenvalue weighted by atomic mass is 9.81. The molecular formula is C15H26N2O2. The molecule has 0 aromatic rings. The highest BCUT2D eigenvalue weighted by Crippen LogP contribution is 2.35. The topological polar surface area (TPSA) is 49.4 Å². The number of nitrogens with zero attached hydrogens (tertiary/aromatic N) is 1. The maximum absolute atomic E-state index is 11.9. The zero-order chi connectivity index (χ0) is 14.0. The van der Waals surface area contributed by atoms with Crippen LogP contribution in [0.15, 0.2) is 0 Å². The minimum Gasteiger partial charge on any atom is -0.321 e. The Bertz CT molecular complexity index is 354. The molecule has 4 nitrogen and oxygen atoms in total. The van der Waals surface area contributed by atoms with E-state index >= 15 is 0 Å². The van der Waals surface area contributed by atoms with E-state index in [1.807, 2.05) is 4.90 Å². The largest absolute Gasteiger partial charge is 0.324 e. The highest BCUT2D eigenvalue weighted by Gasteiger charge is 2.34. The zero-order valence-corrected chi connectivity index (χ0v) is 12.3. The number of carbonyl (C=O) groups is 2. The smallest absolute Gasteiger partial charge is 0.321 e. The van der Waals surface area contributed by atoms with Gasteiger partial charge in [-0.1, -0.05) is 27.2 Å². The number of nitrogens with one attached hydrogen (secondary N) is 1. The second kappa shape index (κ2) is 5.93. The van der Waals surface area contributed by atoms with E-state index in [0.29, 0.717) is 30.8 Å². The van der Waals surface area contributed by atoms with Gasteiger partial charge in [-0.3, -0.25) is 10.1 Å². The molecule has 2 aliphatic rings.